The molecule has 11 heteroatoms. The summed E-state index contributed by atoms with van der Waals surface area (Å²) in [6.07, 6.45) is 3.01. The topological polar surface area (TPSA) is 137 Å². The van der Waals surface area contributed by atoms with Crippen LogP contribution < -0.4 is 20.7 Å². The van der Waals surface area contributed by atoms with Gasteiger partial charge in [-0.1, -0.05) is 12.1 Å². The molecule has 3 saturated heterocycles. The molecule has 0 radical (unpaired) electrons. The summed E-state index contributed by atoms with van der Waals surface area (Å²) in [5.74, 6) is -0.772. The molecule has 7 amide bonds. The van der Waals surface area contributed by atoms with Gasteiger partial charge in [0.1, 0.15) is 5.75 Å². The van der Waals surface area contributed by atoms with Gasteiger partial charge in [0.15, 0.2) is 0 Å². The molecule has 3 aliphatic heterocycles. The summed E-state index contributed by atoms with van der Waals surface area (Å²) in [4.78, 5) is 66.8. The quantitative estimate of drug-likeness (QED) is 0.536. The Labute approximate surface area is 195 Å². The molecule has 4 fully saturated rings. The van der Waals surface area contributed by atoms with E-state index in [0.717, 1.165) is 5.56 Å². The van der Waals surface area contributed by atoms with E-state index in [-0.39, 0.29) is 13.1 Å². The zero-order valence-electron chi connectivity index (χ0n) is 19.0. The average molecular weight is 467 g/mol. The van der Waals surface area contributed by atoms with Gasteiger partial charge >= 0.3 is 12.1 Å². The third-order valence-electron chi connectivity index (χ3n) is 7.86. The van der Waals surface area contributed by atoms with Crippen molar-refractivity contribution < 1.29 is 28.7 Å². The number of benzene rings is 1. The fourth-order valence-corrected chi connectivity index (χ4v) is 5.86. The minimum atomic E-state index is -1.21. The second-order valence-corrected chi connectivity index (χ2v) is 9.43. The highest BCUT2D eigenvalue weighted by atomic mass is 16.5. The summed E-state index contributed by atoms with van der Waals surface area (Å²) in [6.45, 7) is 3.47. The summed E-state index contributed by atoms with van der Waals surface area (Å²) < 4.78 is 5.12. The molecule has 1 aliphatic carbocycles. The first-order chi connectivity index (χ1) is 16.1. The third-order valence-corrected chi connectivity index (χ3v) is 7.86. The molecule has 0 aromatic heterocycles. The summed E-state index contributed by atoms with van der Waals surface area (Å²) in [7, 11) is 1.57. The van der Waals surface area contributed by atoms with Crippen LogP contribution in [0.1, 0.15) is 19.4 Å². The lowest BCUT2D eigenvalue weighted by molar-refractivity contribution is -0.209. The molecule has 1 saturated carbocycles. The van der Waals surface area contributed by atoms with Crippen LogP contribution in [0.15, 0.2) is 30.3 Å². The molecule has 3 heterocycles. The standard InChI is InChI=1S/C23H25N5O6/c1-22-16-17-23(22,2)19(31)26-21(33)28(17)11-13(10-27(16)20(32)25-18(22)30)24-15(29)9-6-12-4-7-14(34-3)8-5-12/h4-9,13,16-17H,10-11H2,1-3H3,(H,24,29)(H,25,30,32)(H,26,31,33)/b9-6+. The Kier molecular flexibility index (Phi) is 4.71. The number of hydrogen-bond acceptors (Lipinski definition) is 6. The van der Waals surface area contributed by atoms with E-state index < -0.39 is 58.7 Å². The maximum atomic E-state index is 12.9. The van der Waals surface area contributed by atoms with Gasteiger partial charge < -0.3 is 19.9 Å². The fourth-order valence-electron chi connectivity index (χ4n) is 5.86. The molecule has 178 valence electrons. The third kappa shape index (κ3) is 2.79. The van der Waals surface area contributed by atoms with E-state index in [0.29, 0.717) is 5.75 Å². The Balaban J connectivity index is 1.40. The van der Waals surface area contributed by atoms with Crippen LogP contribution in [0.2, 0.25) is 0 Å². The predicted octanol–water partition coefficient (Wildman–Crippen LogP) is 0.0738. The Bertz CT molecular complexity index is 1100. The van der Waals surface area contributed by atoms with Crippen molar-refractivity contribution in [2.24, 2.45) is 10.8 Å². The number of urea groups is 2. The maximum absolute atomic E-state index is 12.9. The Hall–Kier alpha value is -3.89. The van der Waals surface area contributed by atoms with Gasteiger partial charge in [-0.2, -0.15) is 0 Å². The van der Waals surface area contributed by atoms with E-state index in [1.807, 2.05) is 0 Å². The van der Waals surface area contributed by atoms with Crippen molar-refractivity contribution in [1.82, 2.24) is 25.8 Å². The number of carbonyl (C=O) groups is 5. The second-order valence-electron chi connectivity index (χ2n) is 9.43. The van der Waals surface area contributed by atoms with Crippen LogP contribution in [0.3, 0.4) is 0 Å². The summed E-state index contributed by atoms with van der Waals surface area (Å²) in [6, 6.07) is 4.04. The lowest BCUT2D eigenvalue weighted by Crippen LogP contribution is -2.90. The number of ether oxygens (including phenoxy) is 1. The Morgan fingerprint density at radius 1 is 0.971 bits per heavy atom. The van der Waals surface area contributed by atoms with Crippen molar-refractivity contribution in [3.8, 4) is 5.75 Å². The number of amides is 7. The minimum absolute atomic E-state index is 0.0893. The minimum Gasteiger partial charge on any atom is -0.497 e. The van der Waals surface area contributed by atoms with Gasteiger partial charge in [0, 0.05) is 19.2 Å². The normalized spacial score (nSPS) is 34.0. The van der Waals surface area contributed by atoms with Crippen molar-refractivity contribution in [3.63, 3.8) is 0 Å². The molecular formula is C23H25N5O6. The Morgan fingerprint density at radius 2 is 1.47 bits per heavy atom. The summed E-state index contributed by atoms with van der Waals surface area (Å²) in [5, 5.41) is 7.56. The van der Waals surface area contributed by atoms with Crippen LogP contribution in [0.25, 0.3) is 6.08 Å². The molecule has 1 aromatic rings. The molecule has 1 aromatic carbocycles. The van der Waals surface area contributed by atoms with E-state index in [2.05, 4.69) is 16.0 Å². The SMILES string of the molecule is COc1ccc(/C=C/C(=O)NC2CN3C(=O)NC(=O)C4(C)C3C3N(C2)C(=O)NC(=O)C34C)cc1. The van der Waals surface area contributed by atoms with Gasteiger partial charge in [-0.3, -0.25) is 25.0 Å². The van der Waals surface area contributed by atoms with E-state index >= 15 is 0 Å². The highest BCUT2D eigenvalue weighted by molar-refractivity contribution is 6.11. The van der Waals surface area contributed by atoms with Gasteiger partial charge in [0.25, 0.3) is 0 Å². The number of carbonyl (C=O) groups excluding carboxylic acids is 5. The van der Waals surface area contributed by atoms with Crippen molar-refractivity contribution in [3.05, 3.63) is 35.9 Å². The van der Waals surface area contributed by atoms with E-state index in [1.54, 1.807) is 51.3 Å². The van der Waals surface area contributed by atoms with Crippen LogP contribution in [0, 0.1) is 10.8 Å². The molecule has 34 heavy (non-hydrogen) atoms. The van der Waals surface area contributed by atoms with Crippen LogP contribution in [0.4, 0.5) is 9.59 Å². The molecule has 0 spiro atoms. The van der Waals surface area contributed by atoms with Gasteiger partial charge in [-0.15, -0.1) is 0 Å². The van der Waals surface area contributed by atoms with E-state index in [4.69, 9.17) is 4.74 Å². The first kappa shape index (κ1) is 21.9. The van der Waals surface area contributed by atoms with E-state index in [1.165, 1.54) is 15.9 Å². The zero-order chi connectivity index (χ0) is 24.4. The molecule has 4 aliphatic rings. The summed E-state index contributed by atoms with van der Waals surface area (Å²) in [5.41, 5.74) is -1.62. The molecule has 0 bridgehead atoms. The Morgan fingerprint density at radius 3 is 1.94 bits per heavy atom. The van der Waals surface area contributed by atoms with Crippen LogP contribution in [0.5, 0.6) is 5.75 Å². The summed E-state index contributed by atoms with van der Waals surface area (Å²) >= 11 is 0. The van der Waals surface area contributed by atoms with Gasteiger partial charge in [-0.05, 0) is 37.6 Å². The average Bonchev–Trinajstić information content (AvgIpc) is 2.98. The highest BCUT2D eigenvalue weighted by Crippen LogP contribution is 2.63. The number of imide groups is 2. The number of nitrogens with zero attached hydrogens (tertiary/aromatic N) is 2. The van der Waals surface area contributed by atoms with Crippen molar-refractivity contribution in [2.75, 3.05) is 20.2 Å². The maximum Gasteiger partial charge on any atom is 0.324 e. The fraction of sp³-hybridized carbons (Fsp3) is 0.435. The largest absolute Gasteiger partial charge is 0.497 e. The first-order valence-corrected chi connectivity index (χ1v) is 11.0. The number of fused-ring (bicyclic) bond motifs is 1. The van der Waals surface area contributed by atoms with Gasteiger partial charge in [0.05, 0.1) is 36.1 Å². The van der Waals surface area contributed by atoms with E-state index in [9.17, 15) is 24.0 Å². The van der Waals surface area contributed by atoms with Crippen LogP contribution in [-0.4, -0.2) is 77.9 Å². The first-order valence-electron chi connectivity index (χ1n) is 11.0. The number of methoxy groups -OCH3 is 1. The zero-order valence-corrected chi connectivity index (χ0v) is 19.0. The molecule has 4 unspecified atom stereocenters. The number of hydrogen-bond donors (Lipinski definition) is 3. The monoisotopic (exact) mass is 467 g/mol. The van der Waals surface area contributed by atoms with Gasteiger partial charge in [0.2, 0.25) is 17.7 Å². The molecular weight excluding hydrogens is 442 g/mol. The molecule has 3 N–H and O–H groups in total. The highest BCUT2D eigenvalue weighted by Gasteiger charge is 2.81. The number of rotatable bonds is 4. The smallest absolute Gasteiger partial charge is 0.324 e. The van der Waals surface area contributed by atoms with Crippen molar-refractivity contribution in [2.45, 2.75) is 32.0 Å². The second kappa shape index (κ2) is 7.31. The van der Waals surface area contributed by atoms with Gasteiger partial charge in [-0.25, -0.2) is 9.59 Å². The lowest BCUT2D eigenvalue weighted by atomic mass is 9.42. The molecule has 4 atom stereocenters. The molecule has 11 nitrogen and oxygen atoms in total. The van der Waals surface area contributed by atoms with Crippen LogP contribution in [-0.2, 0) is 14.4 Å². The molecule has 5 rings (SSSR count). The lowest BCUT2D eigenvalue weighted by Gasteiger charge is -2.70. The number of nitrogens with one attached hydrogen (secondary N) is 3. The predicted molar refractivity (Wildman–Crippen MR) is 118 cm³/mol. The van der Waals surface area contributed by atoms with Crippen molar-refractivity contribution in [1.29, 1.82) is 0 Å². The van der Waals surface area contributed by atoms with Crippen LogP contribution >= 0.6 is 0 Å². The van der Waals surface area contributed by atoms with Crippen molar-refractivity contribution >= 4 is 35.9 Å².